The molecule has 6 aromatic rings. The van der Waals surface area contributed by atoms with E-state index in [9.17, 15) is 0 Å². The van der Waals surface area contributed by atoms with Gasteiger partial charge in [0.25, 0.3) is 0 Å². The largest absolute Gasteiger partial charge is 0.311 e. The summed E-state index contributed by atoms with van der Waals surface area (Å²) in [7, 11) is 0. The van der Waals surface area contributed by atoms with Crippen LogP contribution in [0.3, 0.4) is 0 Å². The predicted octanol–water partition coefficient (Wildman–Crippen LogP) is 7.03. The molecule has 0 radical (unpaired) electrons. The zero-order chi connectivity index (χ0) is 44.1. The summed E-state index contributed by atoms with van der Waals surface area (Å²) in [5.74, 6) is 0. The van der Waals surface area contributed by atoms with Crippen molar-refractivity contribution in [2.24, 2.45) is 0 Å². The van der Waals surface area contributed by atoms with Crippen molar-refractivity contribution in [3.8, 4) is 0 Å². The van der Waals surface area contributed by atoms with Crippen molar-refractivity contribution in [2.75, 3.05) is 78.5 Å². The van der Waals surface area contributed by atoms with E-state index in [0.717, 1.165) is 137 Å². The second kappa shape index (κ2) is 25.6. The van der Waals surface area contributed by atoms with Crippen LogP contribution in [0.15, 0.2) is 146 Å². The monoisotopic (exact) mass is 869 g/mol. The third-order valence-electron chi connectivity index (χ3n) is 13.0. The highest BCUT2D eigenvalue weighted by Crippen LogP contribution is 2.16. The molecule has 0 saturated carbocycles. The average molecular weight is 869 g/mol. The number of rotatable bonds is 0. The Hall–Kier alpha value is -5.00. The minimum Gasteiger partial charge on any atom is -0.311 e. The van der Waals surface area contributed by atoms with Gasteiger partial charge in [0.05, 0.1) is 0 Å². The average Bonchev–Trinajstić information content (AvgIpc) is 3.34. The Morgan fingerprint density at radius 2 is 0.338 bits per heavy atom. The number of nitrogens with one attached hydrogen (secondary N) is 6. The number of hydrogen-bond acceptors (Lipinski definition) is 8. The Balaban J connectivity index is 0.970. The van der Waals surface area contributed by atoms with Gasteiger partial charge in [-0.15, -0.1) is 0 Å². The molecule has 0 atom stereocenters. The molecule has 14 bridgehead atoms. The van der Waals surface area contributed by atoms with Gasteiger partial charge in [-0.25, -0.2) is 0 Å². The van der Waals surface area contributed by atoms with Crippen molar-refractivity contribution in [1.29, 1.82) is 0 Å². The first-order chi connectivity index (χ1) is 32.1. The summed E-state index contributed by atoms with van der Waals surface area (Å²) < 4.78 is 0. The van der Waals surface area contributed by atoms with Gasteiger partial charge in [-0.1, -0.05) is 146 Å². The summed E-state index contributed by atoms with van der Waals surface area (Å²) >= 11 is 0. The number of hydrogen-bond donors (Lipinski definition) is 6. The SMILES string of the molecule is c1cc2ccc1CNCCN1CCNCc3ccc(cc3)Cc3ccc(cc3)CNCCN(CCNCc3ccc(cc3)C2)CCNCc2ccc(cc2)Cc2ccc(cc2)CNCC1. The van der Waals surface area contributed by atoms with E-state index in [2.05, 4.69) is 187 Å². The maximum absolute atomic E-state index is 3.74. The van der Waals surface area contributed by atoms with E-state index < -0.39 is 0 Å². The van der Waals surface area contributed by atoms with Crippen LogP contribution in [0.1, 0.15) is 66.8 Å². The molecule has 0 aliphatic carbocycles. The highest BCUT2D eigenvalue weighted by atomic mass is 15.2. The van der Waals surface area contributed by atoms with E-state index in [1.165, 1.54) is 66.8 Å². The van der Waals surface area contributed by atoms with Crippen LogP contribution in [0.2, 0.25) is 0 Å². The Morgan fingerprint density at radius 1 is 0.200 bits per heavy atom. The summed E-state index contributed by atoms with van der Waals surface area (Å²) in [5, 5.41) is 22.4. The van der Waals surface area contributed by atoms with Crippen LogP contribution in [0.4, 0.5) is 0 Å². The quantitative estimate of drug-likeness (QED) is 0.0974. The Morgan fingerprint density at radius 3 is 0.492 bits per heavy atom. The molecule has 65 heavy (non-hydrogen) atoms. The van der Waals surface area contributed by atoms with Gasteiger partial charge in [0, 0.05) is 118 Å². The molecule has 0 spiro atoms. The van der Waals surface area contributed by atoms with E-state index in [1.54, 1.807) is 0 Å². The van der Waals surface area contributed by atoms with Crippen molar-refractivity contribution >= 4 is 0 Å². The summed E-state index contributed by atoms with van der Waals surface area (Å²) in [5.41, 5.74) is 16.1. The van der Waals surface area contributed by atoms with Crippen molar-refractivity contribution in [2.45, 2.75) is 58.5 Å². The molecule has 0 aromatic heterocycles. The summed E-state index contributed by atoms with van der Waals surface area (Å²) in [6.07, 6.45) is 2.84. The minimum atomic E-state index is 0.875. The molecule has 27 aliphatic heterocycles. The van der Waals surface area contributed by atoms with Crippen LogP contribution in [0, 0.1) is 0 Å². The molecule has 6 N–H and O–H groups in total. The molecule has 8 nitrogen and oxygen atoms in total. The van der Waals surface area contributed by atoms with E-state index >= 15 is 0 Å². The fraction of sp³-hybridized carbons (Fsp3) is 0.368. The molecule has 27 aliphatic rings. The molecule has 0 saturated heterocycles. The van der Waals surface area contributed by atoms with Crippen LogP contribution in [-0.2, 0) is 58.5 Å². The number of benzene rings is 6. The van der Waals surface area contributed by atoms with Gasteiger partial charge in [-0.05, 0) is 86.0 Å². The normalized spacial score (nSPS) is 19.6. The van der Waals surface area contributed by atoms with Gasteiger partial charge in [-0.3, -0.25) is 9.80 Å². The number of nitrogens with zero attached hydrogens (tertiary/aromatic N) is 2. The van der Waals surface area contributed by atoms with E-state index in [0.29, 0.717) is 0 Å². The molecule has 33 rings (SSSR count). The highest BCUT2D eigenvalue weighted by molar-refractivity contribution is 5.33. The van der Waals surface area contributed by atoms with E-state index in [1.807, 2.05) is 0 Å². The minimum absolute atomic E-state index is 0.875. The molecule has 0 unspecified atom stereocenters. The summed E-state index contributed by atoms with van der Waals surface area (Å²) in [6, 6.07) is 55.0. The van der Waals surface area contributed by atoms with Crippen LogP contribution >= 0.6 is 0 Å². The van der Waals surface area contributed by atoms with Gasteiger partial charge >= 0.3 is 0 Å². The third kappa shape index (κ3) is 16.1. The van der Waals surface area contributed by atoms with Crippen LogP contribution in [-0.4, -0.2) is 88.3 Å². The Labute approximate surface area is 389 Å². The highest BCUT2D eigenvalue weighted by Gasteiger charge is 2.09. The lowest BCUT2D eigenvalue weighted by Gasteiger charge is -2.23. The van der Waals surface area contributed by atoms with Crippen molar-refractivity contribution < 1.29 is 0 Å². The molecular formula is C57H72N8. The molecule has 8 heteroatoms. The molecule has 6 aromatic carbocycles. The maximum atomic E-state index is 3.74. The zero-order valence-electron chi connectivity index (χ0n) is 38.6. The molecule has 0 amide bonds. The fourth-order valence-electron chi connectivity index (χ4n) is 8.85. The van der Waals surface area contributed by atoms with Crippen molar-refractivity contribution in [3.05, 3.63) is 212 Å². The van der Waals surface area contributed by atoms with Crippen molar-refractivity contribution in [3.63, 3.8) is 0 Å². The van der Waals surface area contributed by atoms with Gasteiger partial charge in [0.1, 0.15) is 0 Å². The molecular weight excluding hydrogens is 797 g/mol. The first-order valence-corrected chi connectivity index (χ1v) is 24.3. The second-order valence-electron chi connectivity index (χ2n) is 18.2. The predicted molar refractivity (Wildman–Crippen MR) is 270 cm³/mol. The summed E-state index contributed by atoms with van der Waals surface area (Å²) in [4.78, 5) is 5.17. The standard InChI is InChI=1S/C57H72N8/c1-13-52-14-2-46(1)37-47-3-15-53(16-4-47)41-59-28-34-65-35-29-62-44-56-21-9-50(10-22-56)38-48-5-17-54(18-6-48)42-60-26-32-64(31-25-58-40-52)33-27-61-43-55-19-7-49(8-20-55)39-51-11-23-57(24-12-51)45-63-30-36-65/h1-24,58-63H,25-45H2. The lowest BCUT2D eigenvalue weighted by molar-refractivity contribution is 0.271. The van der Waals surface area contributed by atoms with Gasteiger partial charge < -0.3 is 31.9 Å². The van der Waals surface area contributed by atoms with Gasteiger partial charge in [0.2, 0.25) is 0 Å². The van der Waals surface area contributed by atoms with Crippen LogP contribution in [0.25, 0.3) is 0 Å². The lowest BCUT2D eigenvalue weighted by Crippen LogP contribution is -2.40. The molecule has 0 fully saturated rings. The third-order valence-corrected chi connectivity index (χ3v) is 13.0. The van der Waals surface area contributed by atoms with Crippen LogP contribution in [0.5, 0.6) is 0 Å². The van der Waals surface area contributed by atoms with Gasteiger partial charge in [-0.2, -0.15) is 0 Å². The van der Waals surface area contributed by atoms with Crippen molar-refractivity contribution in [1.82, 2.24) is 41.7 Å². The first kappa shape index (κ1) is 46.5. The smallest absolute Gasteiger partial charge is 0.0206 e. The van der Waals surface area contributed by atoms with Gasteiger partial charge in [0.15, 0.2) is 0 Å². The molecule has 27 heterocycles. The lowest BCUT2D eigenvalue weighted by atomic mass is 10.0. The Kier molecular flexibility index (Phi) is 18.3. The maximum Gasteiger partial charge on any atom is 0.0206 e. The summed E-state index contributed by atoms with van der Waals surface area (Å²) in [6.45, 7) is 17.0. The zero-order valence-corrected chi connectivity index (χ0v) is 38.6. The topological polar surface area (TPSA) is 78.7 Å². The van der Waals surface area contributed by atoms with Crippen LogP contribution < -0.4 is 31.9 Å². The Bertz CT molecular complexity index is 1820. The first-order valence-electron chi connectivity index (χ1n) is 24.3. The van der Waals surface area contributed by atoms with E-state index in [-0.39, 0.29) is 0 Å². The second-order valence-corrected chi connectivity index (χ2v) is 18.2. The fourth-order valence-corrected chi connectivity index (χ4v) is 8.85. The molecule has 340 valence electrons. The van der Waals surface area contributed by atoms with E-state index in [4.69, 9.17) is 0 Å².